The first-order valence-corrected chi connectivity index (χ1v) is 5.28. The molecule has 1 aliphatic carbocycles. The van der Waals surface area contributed by atoms with E-state index in [1.54, 1.807) is 12.2 Å². The summed E-state index contributed by atoms with van der Waals surface area (Å²) >= 11 is 0. The van der Waals surface area contributed by atoms with Crippen LogP contribution in [0.5, 0.6) is 0 Å². The summed E-state index contributed by atoms with van der Waals surface area (Å²) in [4.78, 5) is 16.1. The number of benzene rings is 1. The number of allylic oxidation sites excluding steroid dienone is 4. The van der Waals surface area contributed by atoms with Gasteiger partial charge in [0.1, 0.15) is 0 Å². The van der Waals surface area contributed by atoms with Gasteiger partial charge in [-0.3, -0.25) is 4.79 Å². The van der Waals surface area contributed by atoms with E-state index in [0.717, 1.165) is 11.3 Å². The second kappa shape index (κ2) is 4.71. The van der Waals surface area contributed by atoms with E-state index in [2.05, 4.69) is 4.99 Å². The van der Waals surface area contributed by atoms with E-state index < -0.39 is 0 Å². The number of ketones is 1. The molecule has 2 nitrogen and oxygen atoms in total. The van der Waals surface area contributed by atoms with E-state index in [-0.39, 0.29) is 5.78 Å². The lowest BCUT2D eigenvalue weighted by molar-refractivity contribution is -0.108. The maximum atomic E-state index is 11.7. The molecule has 1 aromatic rings. The molecule has 16 heavy (non-hydrogen) atoms. The smallest absolute Gasteiger partial charge is 0.200 e. The highest BCUT2D eigenvalue weighted by atomic mass is 16.1. The van der Waals surface area contributed by atoms with Crippen LogP contribution in [-0.4, -0.2) is 11.5 Å². The van der Waals surface area contributed by atoms with Gasteiger partial charge in [-0.15, -0.1) is 0 Å². The van der Waals surface area contributed by atoms with Gasteiger partial charge < -0.3 is 0 Å². The zero-order valence-electron chi connectivity index (χ0n) is 9.18. The van der Waals surface area contributed by atoms with E-state index in [4.69, 9.17) is 0 Å². The fourth-order valence-corrected chi connectivity index (χ4v) is 1.53. The Labute approximate surface area is 95.0 Å². The topological polar surface area (TPSA) is 29.4 Å². The molecule has 2 heteroatoms. The molecule has 0 bridgehead atoms. The SMILES string of the molecule is Cc1ccccc1N=C1CC=CC=CC1=O. The van der Waals surface area contributed by atoms with Crippen LogP contribution in [0.1, 0.15) is 12.0 Å². The molecule has 0 fully saturated rings. The second-order valence-electron chi connectivity index (χ2n) is 3.70. The normalized spacial score (nSPS) is 17.8. The minimum absolute atomic E-state index is 0.00625. The standard InChI is InChI=1S/C14H13NO/c1-11-7-5-6-8-12(11)15-13-9-3-2-4-10-14(13)16/h2-8,10H,9H2,1H3. The minimum atomic E-state index is -0.00625. The van der Waals surface area contributed by atoms with E-state index >= 15 is 0 Å². The van der Waals surface area contributed by atoms with Crippen LogP contribution in [0.2, 0.25) is 0 Å². The molecule has 80 valence electrons. The summed E-state index contributed by atoms with van der Waals surface area (Å²) in [7, 11) is 0. The van der Waals surface area contributed by atoms with Gasteiger partial charge in [-0.2, -0.15) is 0 Å². The predicted octanol–water partition coefficient (Wildman–Crippen LogP) is 3.15. The first-order chi connectivity index (χ1) is 7.77. The van der Waals surface area contributed by atoms with Crippen molar-refractivity contribution in [1.29, 1.82) is 0 Å². The number of carbonyl (C=O) groups is 1. The summed E-state index contributed by atoms with van der Waals surface area (Å²) in [6, 6.07) is 7.81. The molecule has 1 aromatic carbocycles. The van der Waals surface area contributed by atoms with Crippen molar-refractivity contribution in [3.05, 3.63) is 54.1 Å². The molecular weight excluding hydrogens is 198 g/mol. The molecule has 1 aliphatic rings. The van der Waals surface area contributed by atoms with Crippen molar-refractivity contribution in [2.45, 2.75) is 13.3 Å². The van der Waals surface area contributed by atoms with E-state index in [9.17, 15) is 4.79 Å². The lowest BCUT2D eigenvalue weighted by Crippen LogP contribution is -2.08. The molecule has 0 aliphatic heterocycles. The maximum Gasteiger partial charge on any atom is 0.200 e. The Balaban J connectivity index is 2.37. The minimum Gasteiger partial charge on any atom is -0.288 e. The highest BCUT2D eigenvalue weighted by Crippen LogP contribution is 2.18. The summed E-state index contributed by atoms with van der Waals surface area (Å²) in [5, 5.41) is 0. The molecule has 0 amide bonds. The van der Waals surface area contributed by atoms with Crippen LogP contribution in [0.25, 0.3) is 0 Å². The monoisotopic (exact) mass is 211 g/mol. The second-order valence-corrected chi connectivity index (χ2v) is 3.70. The highest BCUT2D eigenvalue weighted by Gasteiger charge is 2.08. The molecule has 0 saturated heterocycles. The molecule has 0 atom stereocenters. The van der Waals surface area contributed by atoms with Crippen LogP contribution < -0.4 is 0 Å². The van der Waals surface area contributed by atoms with Crippen molar-refractivity contribution in [3.8, 4) is 0 Å². The Kier molecular flexibility index (Phi) is 3.10. The van der Waals surface area contributed by atoms with Crippen LogP contribution in [0.15, 0.2) is 53.6 Å². The van der Waals surface area contributed by atoms with E-state index in [0.29, 0.717) is 12.1 Å². The predicted molar refractivity (Wildman–Crippen MR) is 66.2 cm³/mol. The van der Waals surface area contributed by atoms with Crippen LogP contribution in [-0.2, 0) is 4.79 Å². The number of aryl methyl sites for hydroxylation is 1. The number of rotatable bonds is 1. The Bertz CT molecular complexity index is 495. The van der Waals surface area contributed by atoms with Gasteiger partial charge in [0.2, 0.25) is 0 Å². The zero-order valence-corrected chi connectivity index (χ0v) is 9.18. The fourth-order valence-electron chi connectivity index (χ4n) is 1.53. The van der Waals surface area contributed by atoms with Crippen molar-refractivity contribution in [2.24, 2.45) is 4.99 Å². The van der Waals surface area contributed by atoms with Gasteiger partial charge in [-0.05, 0) is 24.6 Å². The quantitative estimate of drug-likeness (QED) is 0.701. The molecule has 2 rings (SSSR count). The average molecular weight is 211 g/mol. The zero-order chi connectivity index (χ0) is 11.4. The third-order valence-electron chi connectivity index (χ3n) is 2.46. The maximum absolute atomic E-state index is 11.7. The molecule has 0 saturated carbocycles. The Morgan fingerprint density at radius 1 is 1.19 bits per heavy atom. The summed E-state index contributed by atoms with van der Waals surface area (Å²) < 4.78 is 0. The number of hydrogen-bond donors (Lipinski definition) is 0. The molecule has 0 N–H and O–H groups in total. The molecule has 0 unspecified atom stereocenters. The third-order valence-corrected chi connectivity index (χ3v) is 2.46. The molecule has 0 aromatic heterocycles. The van der Waals surface area contributed by atoms with Gasteiger partial charge in [0.15, 0.2) is 5.78 Å². The number of aliphatic imine (C=N–C) groups is 1. The van der Waals surface area contributed by atoms with Crippen LogP contribution in [0.4, 0.5) is 5.69 Å². The van der Waals surface area contributed by atoms with Crippen molar-refractivity contribution < 1.29 is 4.79 Å². The van der Waals surface area contributed by atoms with E-state index in [1.165, 1.54) is 0 Å². The first-order valence-electron chi connectivity index (χ1n) is 5.28. The number of hydrogen-bond acceptors (Lipinski definition) is 2. The van der Waals surface area contributed by atoms with Crippen LogP contribution in [0.3, 0.4) is 0 Å². The van der Waals surface area contributed by atoms with Crippen molar-refractivity contribution >= 4 is 17.2 Å². The molecule has 0 spiro atoms. The summed E-state index contributed by atoms with van der Waals surface area (Å²) in [5.74, 6) is -0.00625. The highest BCUT2D eigenvalue weighted by molar-refractivity contribution is 6.45. The molecular formula is C14H13NO. The summed E-state index contributed by atoms with van der Waals surface area (Å²) in [5.41, 5.74) is 2.55. The van der Waals surface area contributed by atoms with Gasteiger partial charge in [0.05, 0.1) is 11.4 Å². The van der Waals surface area contributed by atoms with Gasteiger partial charge in [-0.25, -0.2) is 4.99 Å². The summed E-state index contributed by atoms with van der Waals surface area (Å²) in [6.45, 7) is 1.99. The average Bonchev–Trinajstić information content (AvgIpc) is 2.48. The third kappa shape index (κ3) is 2.34. The first kappa shape index (κ1) is 10.6. The van der Waals surface area contributed by atoms with Crippen LogP contribution >= 0.6 is 0 Å². The van der Waals surface area contributed by atoms with Gasteiger partial charge in [-0.1, -0.05) is 36.4 Å². The number of carbonyl (C=O) groups excluding carboxylic acids is 1. The van der Waals surface area contributed by atoms with E-state index in [1.807, 2.05) is 43.3 Å². The van der Waals surface area contributed by atoms with Gasteiger partial charge >= 0.3 is 0 Å². The Hall–Kier alpha value is -1.96. The van der Waals surface area contributed by atoms with Gasteiger partial charge in [0.25, 0.3) is 0 Å². The largest absolute Gasteiger partial charge is 0.288 e. The Morgan fingerprint density at radius 3 is 2.81 bits per heavy atom. The Morgan fingerprint density at radius 2 is 2.00 bits per heavy atom. The van der Waals surface area contributed by atoms with Crippen molar-refractivity contribution in [2.75, 3.05) is 0 Å². The lowest BCUT2D eigenvalue weighted by atomic mass is 10.1. The van der Waals surface area contributed by atoms with Crippen molar-refractivity contribution in [3.63, 3.8) is 0 Å². The molecule has 0 radical (unpaired) electrons. The molecule has 0 heterocycles. The number of para-hydroxylation sites is 1. The lowest BCUT2D eigenvalue weighted by Gasteiger charge is -2.02. The van der Waals surface area contributed by atoms with Crippen molar-refractivity contribution in [1.82, 2.24) is 0 Å². The van der Waals surface area contributed by atoms with Crippen LogP contribution in [0, 0.1) is 6.92 Å². The van der Waals surface area contributed by atoms with Gasteiger partial charge in [0, 0.05) is 6.42 Å². The summed E-state index contributed by atoms with van der Waals surface area (Å²) in [6.07, 6.45) is 7.72. The number of nitrogens with zero attached hydrogens (tertiary/aromatic N) is 1. The fraction of sp³-hybridized carbons (Fsp3) is 0.143.